The Morgan fingerprint density at radius 2 is 1.83 bits per heavy atom. The predicted octanol–water partition coefficient (Wildman–Crippen LogP) is 2.33. The van der Waals surface area contributed by atoms with Crippen molar-refractivity contribution in [3.05, 3.63) is 35.9 Å². The fraction of sp³-hybridized carbons (Fsp3) is 0.250. The molecule has 0 saturated heterocycles. The van der Waals surface area contributed by atoms with E-state index in [9.17, 15) is 5.11 Å². The van der Waals surface area contributed by atoms with Crippen molar-refractivity contribution in [3.8, 4) is 0 Å². The molecule has 0 aliphatic heterocycles. The summed E-state index contributed by atoms with van der Waals surface area (Å²) in [6.07, 6.45) is -0.638. The van der Waals surface area contributed by atoms with Gasteiger partial charge in [-0.25, -0.2) is 0 Å². The maximum atomic E-state index is 9.48. The molecule has 0 saturated carbocycles. The number of hydrogen-bond donors (Lipinski definition) is 1. The molecule has 0 aliphatic rings. The Labute approximate surface area is 81.5 Å². The fourth-order valence-electron chi connectivity index (χ4n) is 0.911. The highest BCUT2D eigenvalue weighted by atomic mass is 35.5. The number of rotatable bonds is 3. The summed E-state index contributed by atoms with van der Waals surface area (Å²) in [6.45, 7) is 0.202. The van der Waals surface area contributed by atoms with Gasteiger partial charge in [-0.15, -0.1) is 3.94 Å². The molecule has 2 nitrogen and oxygen atoms in total. The number of nitrogens with zero attached hydrogens (tertiary/aromatic N) is 1. The Kier molecular flexibility index (Phi) is 3.82. The summed E-state index contributed by atoms with van der Waals surface area (Å²) in [7, 11) is 0. The lowest BCUT2D eigenvalue weighted by molar-refractivity contribution is 0.168. The van der Waals surface area contributed by atoms with Gasteiger partial charge in [-0.2, -0.15) is 0 Å². The maximum absolute atomic E-state index is 9.48. The molecule has 0 aliphatic carbocycles. The lowest BCUT2D eigenvalue weighted by Crippen LogP contribution is -2.11. The van der Waals surface area contributed by atoms with Gasteiger partial charge in [-0.3, -0.25) is 0 Å². The largest absolute Gasteiger partial charge is 0.387 e. The lowest BCUT2D eigenvalue weighted by atomic mass is 10.1. The van der Waals surface area contributed by atoms with Gasteiger partial charge in [0.25, 0.3) is 0 Å². The van der Waals surface area contributed by atoms with Crippen LogP contribution in [0.4, 0.5) is 0 Å². The van der Waals surface area contributed by atoms with E-state index in [1.165, 1.54) is 0 Å². The van der Waals surface area contributed by atoms with Crippen molar-refractivity contribution in [1.82, 2.24) is 3.94 Å². The minimum absolute atomic E-state index is 0.202. The highest BCUT2D eigenvalue weighted by molar-refractivity contribution is 6.33. The first-order valence-electron chi connectivity index (χ1n) is 3.52. The molecule has 0 radical (unpaired) electrons. The summed E-state index contributed by atoms with van der Waals surface area (Å²) in [4.78, 5) is 0. The molecule has 1 aromatic rings. The monoisotopic (exact) mass is 205 g/mol. The van der Waals surface area contributed by atoms with Crippen LogP contribution in [0.1, 0.15) is 11.7 Å². The van der Waals surface area contributed by atoms with E-state index in [1.807, 2.05) is 30.3 Å². The van der Waals surface area contributed by atoms with E-state index in [-0.39, 0.29) is 6.54 Å². The molecule has 1 rings (SSSR count). The highest BCUT2D eigenvalue weighted by Crippen LogP contribution is 2.15. The molecule has 1 atom stereocenters. The van der Waals surface area contributed by atoms with Crippen molar-refractivity contribution in [1.29, 1.82) is 0 Å². The van der Waals surface area contributed by atoms with Gasteiger partial charge in [0, 0.05) is 0 Å². The van der Waals surface area contributed by atoms with Crippen molar-refractivity contribution >= 4 is 23.6 Å². The summed E-state index contributed by atoms with van der Waals surface area (Å²) in [5.74, 6) is 0. The van der Waals surface area contributed by atoms with E-state index in [0.717, 1.165) is 9.50 Å². The molecule has 12 heavy (non-hydrogen) atoms. The first-order valence-corrected chi connectivity index (χ1v) is 4.20. The molecule has 0 aromatic heterocycles. The van der Waals surface area contributed by atoms with E-state index in [1.54, 1.807) is 0 Å². The summed E-state index contributed by atoms with van der Waals surface area (Å²) < 4.78 is 0.914. The predicted molar refractivity (Wildman–Crippen MR) is 49.8 cm³/mol. The smallest absolute Gasteiger partial charge is 0.0943 e. The van der Waals surface area contributed by atoms with E-state index in [2.05, 4.69) is 0 Å². The van der Waals surface area contributed by atoms with Crippen LogP contribution in [0.5, 0.6) is 0 Å². The van der Waals surface area contributed by atoms with E-state index in [4.69, 9.17) is 23.6 Å². The molecule has 1 N–H and O–H groups in total. The van der Waals surface area contributed by atoms with Gasteiger partial charge >= 0.3 is 0 Å². The Morgan fingerprint density at radius 3 is 2.33 bits per heavy atom. The van der Waals surface area contributed by atoms with Crippen molar-refractivity contribution in [2.24, 2.45) is 0 Å². The van der Waals surface area contributed by atoms with E-state index >= 15 is 0 Å². The van der Waals surface area contributed by atoms with Gasteiger partial charge in [-0.05, 0) is 29.1 Å². The first-order chi connectivity index (χ1) is 5.70. The van der Waals surface area contributed by atoms with Gasteiger partial charge in [0.15, 0.2) is 0 Å². The zero-order chi connectivity index (χ0) is 8.97. The van der Waals surface area contributed by atoms with Crippen LogP contribution >= 0.6 is 23.6 Å². The standard InChI is InChI=1S/C8H9Cl2NO/c9-11(10)6-8(12)7-4-2-1-3-5-7/h1-5,8,12H,6H2. The second-order valence-corrected chi connectivity index (χ2v) is 3.40. The molecule has 4 heteroatoms. The van der Waals surface area contributed by atoms with Gasteiger partial charge in [-0.1, -0.05) is 30.3 Å². The minimum atomic E-state index is -0.638. The topological polar surface area (TPSA) is 23.5 Å². The number of benzene rings is 1. The average Bonchev–Trinajstić information content (AvgIpc) is 2.05. The highest BCUT2D eigenvalue weighted by Gasteiger charge is 2.09. The number of hydrogen-bond acceptors (Lipinski definition) is 2. The summed E-state index contributed by atoms with van der Waals surface area (Å²) in [5.41, 5.74) is 0.809. The minimum Gasteiger partial charge on any atom is -0.387 e. The van der Waals surface area contributed by atoms with Gasteiger partial charge in [0.05, 0.1) is 12.6 Å². The van der Waals surface area contributed by atoms with Crippen LogP contribution in [0.2, 0.25) is 0 Å². The van der Waals surface area contributed by atoms with Crippen molar-refractivity contribution in [2.45, 2.75) is 6.10 Å². The molecule has 0 fully saturated rings. The third kappa shape index (κ3) is 2.99. The molecular weight excluding hydrogens is 197 g/mol. The molecular formula is C8H9Cl2NO. The second-order valence-electron chi connectivity index (χ2n) is 2.41. The third-order valence-corrected chi connectivity index (χ3v) is 1.77. The zero-order valence-electron chi connectivity index (χ0n) is 6.32. The van der Waals surface area contributed by atoms with Crippen molar-refractivity contribution in [2.75, 3.05) is 6.54 Å². The van der Waals surface area contributed by atoms with Crippen LogP contribution in [0.3, 0.4) is 0 Å². The lowest BCUT2D eigenvalue weighted by Gasteiger charge is -2.11. The normalized spacial score (nSPS) is 13.3. The first kappa shape index (κ1) is 9.81. The van der Waals surface area contributed by atoms with Crippen LogP contribution in [0.15, 0.2) is 30.3 Å². The van der Waals surface area contributed by atoms with Crippen LogP contribution in [0.25, 0.3) is 0 Å². The van der Waals surface area contributed by atoms with E-state index < -0.39 is 6.10 Å². The molecule has 0 heterocycles. The molecule has 0 spiro atoms. The van der Waals surface area contributed by atoms with Gasteiger partial charge in [0.1, 0.15) is 0 Å². The second kappa shape index (κ2) is 4.67. The zero-order valence-corrected chi connectivity index (χ0v) is 7.83. The van der Waals surface area contributed by atoms with Crippen LogP contribution < -0.4 is 0 Å². The van der Waals surface area contributed by atoms with E-state index in [0.29, 0.717) is 0 Å². The van der Waals surface area contributed by atoms with Gasteiger partial charge in [0.2, 0.25) is 0 Å². The SMILES string of the molecule is OC(CN(Cl)Cl)c1ccccc1. The Morgan fingerprint density at radius 1 is 1.25 bits per heavy atom. The number of aliphatic hydroxyl groups excluding tert-OH is 1. The summed E-state index contributed by atoms with van der Waals surface area (Å²) in [6, 6.07) is 9.23. The Bertz CT molecular complexity index is 228. The molecule has 66 valence electrons. The van der Waals surface area contributed by atoms with Crippen LogP contribution in [-0.2, 0) is 0 Å². The number of aliphatic hydroxyl groups is 1. The number of halogens is 2. The quantitative estimate of drug-likeness (QED) is 0.767. The maximum Gasteiger partial charge on any atom is 0.0943 e. The molecule has 1 aromatic carbocycles. The average molecular weight is 206 g/mol. The summed E-state index contributed by atoms with van der Waals surface area (Å²) in [5, 5.41) is 9.48. The van der Waals surface area contributed by atoms with Crippen molar-refractivity contribution in [3.63, 3.8) is 0 Å². The Balaban J connectivity index is 2.59. The molecule has 0 bridgehead atoms. The fourth-order valence-corrected chi connectivity index (χ4v) is 1.17. The van der Waals surface area contributed by atoms with Crippen LogP contribution in [0, 0.1) is 0 Å². The van der Waals surface area contributed by atoms with Crippen LogP contribution in [-0.4, -0.2) is 15.6 Å². The summed E-state index contributed by atoms with van der Waals surface area (Å²) >= 11 is 10.7. The van der Waals surface area contributed by atoms with Crippen molar-refractivity contribution < 1.29 is 5.11 Å². The third-order valence-electron chi connectivity index (χ3n) is 1.50. The Hall–Kier alpha value is -0.280. The molecule has 1 unspecified atom stereocenters. The van der Waals surface area contributed by atoms with Gasteiger partial charge < -0.3 is 5.11 Å². The molecule has 0 amide bonds.